The Bertz CT molecular complexity index is 410. The van der Waals surface area contributed by atoms with Gasteiger partial charge in [-0.05, 0) is 58.3 Å². The molecule has 0 bridgehead atoms. The van der Waals surface area contributed by atoms with Gasteiger partial charge in [-0.15, -0.1) is 0 Å². The normalized spacial score (nSPS) is 37.0. The van der Waals surface area contributed by atoms with E-state index in [0.717, 1.165) is 23.5 Å². The molecule has 2 heterocycles. The van der Waals surface area contributed by atoms with Gasteiger partial charge >= 0.3 is 0 Å². The van der Waals surface area contributed by atoms with E-state index in [4.69, 9.17) is 0 Å². The van der Waals surface area contributed by atoms with E-state index < -0.39 is 0 Å². The predicted octanol–water partition coefficient (Wildman–Crippen LogP) is 4.83. The van der Waals surface area contributed by atoms with Crippen LogP contribution in [0.5, 0.6) is 0 Å². The first-order valence-electron chi connectivity index (χ1n) is 10.6. The van der Waals surface area contributed by atoms with Crippen LogP contribution in [0.15, 0.2) is 0 Å². The van der Waals surface area contributed by atoms with Gasteiger partial charge < -0.3 is 0 Å². The van der Waals surface area contributed by atoms with Gasteiger partial charge in [0.1, 0.15) is 0 Å². The molecule has 23 heavy (non-hydrogen) atoms. The van der Waals surface area contributed by atoms with Crippen LogP contribution in [0.1, 0.15) is 91.4 Å². The highest BCUT2D eigenvalue weighted by Gasteiger charge is 2.63. The molecule has 0 aromatic rings. The summed E-state index contributed by atoms with van der Waals surface area (Å²) in [6.07, 6.45) is 16.3. The Morgan fingerprint density at radius 1 is 0.826 bits per heavy atom. The summed E-state index contributed by atoms with van der Waals surface area (Å²) in [5.41, 5.74) is 1.37. The Hall–Kier alpha value is -0.0800. The Kier molecular flexibility index (Phi) is 4.29. The third-order valence-electron chi connectivity index (χ3n) is 7.86. The molecule has 4 aliphatic rings. The van der Waals surface area contributed by atoms with Crippen LogP contribution in [0.3, 0.4) is 0 Å². The van der Waals surface area contributed by atoms with Gasteiger partial charge in [0.25, 0.3) is 0 Å². The monoisotopic (exact) mass is 318 g/mol. The average molecular weight is 319 g/mol. The third-order valence-corrected chi connectivity index (χ3v) is 7.86. The molecule has 2 aliphatic carbocycles. The first-order chi connectivity index (χ1) is 11.1. The highest BCUT2D eigenvalue weighted by atomic mass is 15.4. The Morgan fingerprint density at radius 3 is 1.96 bits per heavy atom. The van der Waals surface area contributed by atoms with Crippen LogP contribution >= 0.6 is 0 Å². The number of hydrogen-bond acceptors (Lipinski definition) is 2. The number of nitrogens with zero attached hydrogens (tertiary/aromatic N) is 2. The van der Waals surface area contributed by atoms with Crippen LogP contribution in [0, 0.1) is 5.41 Å². The van der Waals surface area contributed by atoms with E-state index in [2.05, 4.69) is 30.6 Å². The van der Waals surface area contributed by atoms with Gasteiger partial charge in [0.2, 0.25) is 0 Å². The van der Waals surface area contributed by atoms with E-state index in [0.29, 0.717) is 5.54 Å². The molecular formula is C21H38N2. The maximum Gasteiger partial charge on any atom is 0.0372 e. The van der Waals surface area contributed by atoms with Crippen LogP contribution in [0.2, 0.25) is 0 Å². The summed E-state index contributed by atoms with van der Waals surface area (Å²) in [7, 11) is 0. The van der Waals surface area contributed by atoms with E-state index in [9.17, 15) is 0 Å². The lowest BCUT2D eigenvalue weighted by Gasteiger charge is -2.55. The summed E-state index contributed by atoms with van der Waals surface area (Å²) in [6.45, 7) is 10.2. The predicted molar refractivity (Wildman–Crippen MR) is 97.7 cm³/mol. The summed E-state index contributed by atoms with van der Waals surface area (Å²) in [5.74, 6) is 0. The van der Waals surface area contributed by atoms with Crippen LogP contribution < -0.4 is 0 Å². The molecular weight excluding hydrogens is 280 g/mol. The molecule has 2 saturated heterocycles. The topological polar surface area (TPSA) is 6.25 Å². The fraction of sp³-hybridized carbons (Fsp3) is 1.00. The molecule has 3 atom stereocenters. The van der Waals surface area contributed by atoms with Crippen molar-refractivity contribution in [1.82, 2.24) is 9.80 Å². The molecule has 132 valence electrons. The van der Waals surface area contributed by atoms with Crippen molar-refractivity contribution >= 4 is 0 Å². The zero-order valence-corrected chi connectivity index (χ0v) is 15.8. The molecule has 3 unspecified atom stereocenters. The molecule has 0 aromatic carbocycles. The van der Waals surface area contributed by atoms with Gasteiger partial charge in [-0.1, -0.05) is 38.5 Å². The molecule has 0 radical (unpaired) electrons. The molecule has 4 rings (SSSR count). The molecule has 4 fully saturated rings. The zero-order chi connectivity index (χ0) is 16.1. The minimum absolute atomic E-state index is 0.619. The van der Waals surface area contributed by atoms with Gasteiger partial charge in [-0.3, -0.25) is 9.80 Å². The minimum atomic E-state index is 0.619. The van der Waals surface area contributed by atoms with Crippen molar-refractivity contribution in [2.75, 3.05) is 13.1 Å². The summed E-state index contributed by atoms with van der Waals surface area (Å²) in [4.78, 5) is 5.71. The molecule has 2 aliphatic heterocycles. The largest absolute Gasteiger partial charge is 0.299 e. The van der Waals surface area contributed by atoms with Crippen LogP contribution in [-0.4, -0.2) is 46.6 Å². The summed E-state index contributed by atoms with van der Waals surface area (Å²) < 4.78 is 0. The van der Waals surface area contributed by atoms with Gasteiger partial charge in [0, 0.05) is 36.8 Å². The maximum absolute atomic E-state index is 2.89. The lowest BCUT2D eigenvalue weighted by molar-refractivity contribution is -0.0531. The zero-order valence-electron chi connectivity index (χ0n) is 15.8. The smallest absolute Gasteiger partial charge is 0.0372 e. The molecule has 0 aromatic heterocycles. The van der Waals surface area contributed by atoms with Crippen LogP contribution in [-0.2, 0) is 0 Å². The molecule has 0 amide bonds. The molecule has 0 N–H and O–H groups in total. The highest BCUT2D eigenvalue weighted by Crippen LogP contribution is 2.55. The summed E-state index contributed by atoms with van der Waals surface area (Å²) in [5, 5.41) is 0. The highest BCUT2D eigenvalue weighted by molar-refractivity contribution is 5.19. The van der Waals surface area contributed by atoms with E-state index in [1.54, 1.807) is 0 Å². The fourth-order valence-corrected chi connectivity index (χ4v) is 6.64. The van der Waals surface area contributed by atoms with Crippen molar-refractivity contribution in [3.05, 3.63) is 0 Å². The van der Waals surface area contributed by atoms with Crippen LogP contribution in [0.4, 0.5) is 0 Å². The Balaban J connectivity index is 1.33. The third kappa shape index (κ3) is 2.78. The average Bonchev–Trinajstić information content (AvgIpc) is 3.11. The van der Waals surface area contributed by atoms with Crippen molar-refractivity contribution in [2.45, 2.75) is 115 Å². The van der Waals surface area contributed by atoms with E-state index in [1.165, 1.54) is 83.7 Å². The fourth-order valence-electron chi connectivity index (χ4n) is 6.64. The second-order valence-corrected chi connectivity index (χ2v) is 9.73. The van der Waals surface area contributed by atoms with Gasteiger partial charge in [0.05, 0.1) is 0 Å². The molecule has 2 spiro atoms. The van der Waals surface area contributed by atoms with Gasteiger partial charge in [0.15, 0.2) is 0 Å². The van der Waals surface area contributed by atoms with Gasteiger partial charge in [-0.2, -0.15) is 0 Å². The number of rotatable bonds is 4. The molecule has 2 nitrogen and oxygen atoms in total. The first-order valence-corrected chi connectivity index (χ1v) is 10.6. The second-order valence-electron chi connectivity index (χ2n) is 9.73. The Labute approximate surface area is 144 Å². The first kappa shape index (κ1) is 16.4. The quantitative estimate of drug-likeness (QED) is 0.685. The SMILES string of the molecule is CC(CC1N(C(C)C)C12CCCCC2)N1CC2(CCCCC2)C1. The van der Waals surface area contributed by atoms with Crippen molar-refractivity contribution in [1.29, 1.82) is 0 Å². The number of likely N-dealkylation sites (tertiary alicyclic amines) is 1. The van der Waals surface area contributed by atoms with E-state index in [-0.39, 0.29) is 0 Å². The van der Waals surface area contributed by atoms with E-state index >= 15 is 0 Å². The summed E-state index contributed by atoms with van der Waals surface area (Å²) >= 11 is 0. The lowest BCUT2D eigenvalue weighted by Crippen LogP contribution is -2.60. The standard InChI is InChI=1S/C21H38N2/c1-17(2)23-19(21(23)12-8-5-9-13-21)14-18(3)22-15-20(16-22)10-6-4-7-11-20/h17-19H,4-16H2,1-3H3. The van der Waals surface area contributed by atoms with Crippen molar-refractivity contribution < 1.29 is 0 Å². The van der Waals surface area contributed by atoms with E-state index in [1.807, 2.05) is 0 Å². The summed E-state index contributed by atoms with van der Waals surface area (Å²) in [6, 6.07) is 2.43. The van der Waals surface area contributed by atoms with Crippen molar-refractivity contribution in [2.24, 2.45) is 5.41 Å². The maximum atomic E-state index is 2.89. The van der Waals surface area contributed by atoms with Crippen LogP contribution in [0.25, 0.3) is 0 Å². The van der Waals surface area contributed by atoms with Crippen molar-refractivity contribution in [3.63, 3.8) is 0 Å². The number of hydrogen-bond donors (Lipinski definition) is 0. The Morgan fingerprint density at radius 2 is 1.39 bits per heavy atom. The van der Waals surface area contributed by atoms with Crippen molar-refractivity contribution in [3.8, 4) is 0 Å². The van der Waals surface area contributed by atoms with Gasteiger partial charge in [-0.25, -0.2) is 0 Å². The lowest BCUT2D eigenvalue weighted by atomic mass is 9.68. The minimum Gasteiger partial charge on any atom is -0.299 e. The second kappa shape index (κ2) is 6.02. The molecule has 2 saturated carbocycles. The molecule has 2 heteroatoms.